The van der Waals surface area contributed by atoms with E-state index in [9.17, 15) is 9.59 Å². The molecule has 1 unspecified atom stereocenters. The molecule has 0 aliphatic carbocycles. The Morgan fingerprint density at radius 3 is 2.41 bits per heavy atom. The van der Waals surface area contributed by atoms with Gasteiger partial charge in [0.2, 0.25) is 0 Å². The van der Waals surface area contributed by atoms with E-state index in [-0.39, 0.29) is 23.6 Å². The van der Waals surface area contributed by atoms with Crippen LogP contribution in [0.3, 0.4) is 0 Å². The monoisotopic (exact) mass is 361 g/mol. The Hall–Kier alpha value is -2.95. The molecule has 5 nitrogen and oxygen atoms in total. The van der Waals surface area contributed by atoms with Gasteiger partial charge in [-0.2, -0.15) is 5.10 Å². The lowest BCUT2D eigenvalue weighted by Crippen LogP contribution is -2.34. The Balaban J connectivity index is 1.83. The second-order valence-corrected chi connectivity index (χ2v) is 7.30. The van der Waals surface area contributed by atoms with Crippen molar-refractivity contribution in [1.82, 2.24) is 14.7 Å². The molecule has 1 atom stereocenters. The van der Waals surface area contributed by atoms with Crippen LogP contribution in [0.2, 0.25) is 0 Å². The number of rotatable bonds is 3. The number of amides is 1. The van der Waals surface area contributed by atoms with E-state index in [1.54, 1.807) is 6.07 Å². The molecule has 0 N–H and O–H groups in total. The standard InChI is InChI=1S/C22H23N3O2/c1-15(2)25-21(26)18-12-7-6-11-17(18)20(23-25)22(27)24-14-8-13-19(24)16-9-4-3-5-10-16/h3-7,9-12,15,19H,8,13-14H2,1-2H3. The molecule has 1 aliphatic heterocycles. The molecule has 1 fully saturated rings. The zero-order chi connectivity index (χ0) is 19.0. The summed E-state index contributed by atoms with van der Waals surface area (Å²) in [5.41, 5.74) is 1.35. The van der Waals surface area contributed by atoms with Crippen LogP contribution in [0, 0.1) is 0 Å². The van der Waals surface area contributed by atoms with Crippen LogP contribution in [0.5, 0.6) is 0 Å². The topological polar surface area (TPSA) is 55.2 Å². The fourth-order valence-electron chi connectivity index (χ4n) is 3.88. The first kappa shape index (κ1) is 17.5. The second-order valence-electron chi connectivity index (χ2n) is 7.30. The van der Waals surface area contributed by atoms with E-state index in [0.29, 0.717) is 23.0 Å². The molecule has 27 heavy (non-hydrogen) atoms. The van der Waals surface area contributed by atoms with Gasteiger partial charge in [-0.15, -0.1) is 0 Å². The Morgan fingerprint density at radius 2 is 1.70 bits per heavy atom. The summed E-state index contributed by atoms with van der Waals surface area (Å²) in [5.74, 6) is -0.105. The van der Waals surface area contributed by atoms with Crippen molar-refractivity contribution in [3.63, 3.8) is 0 Å². The first-order chi connectivity index (χ1) is 13.1. The van der Waals surface area contributed by atoms with Gasteiger partial charge >= 0.3 is 0 Å². The summed E-state index contributed by atoms with van der Waals surface area (Å²) in [7, 11) is 0. The molecule has 4 rings (SSSR count). The summed E-state index contributed by atoms with van der Waals surface area (Å²) in [6.45, 7) is 4.51. The second kappa shape index (κ2) is 6.99. The maximum absolute atomic E-state index is 13.5. The maximum atomic E-state index is 13.5. The van der Waals surface area contributed by atoms with Crippen molar-refractivity contribution in [3.05, 3.63) is 76.2 Å². The molecule has 2 aromatic carbocycles. The number of likely N-dealkylation sites (tertiary alicyclic amines) is 1. The van der Waals surface area contributed by atoms with Crippen LogP contribution in [0.25, 0.3) is 10.8 Å². The zero-order valence-corrected chi connectivity index (χ0v) is 15.6. The van der Waals surface area contributed by atoms with Gasteiger partial charge < -0.3 is 4.90 Å². The minimum absolute atomic E-state index is 0.0543. The van der Waals surface area contributed by atoms with Gasteiger partial charge in [0.25, 0.3) is 11.5 Å². The third kappa shape index (κ3) is 3.03. The van der Waals surface area contributed by atoms with Gasteiger partial charge in [-0.1, -0.05) is 48.5 Å². The van der Waals surface area contributed by atoms with Crippen LogP contribution in [-0.2, 0) is 0 Å². The van der Waals surface area contributed by atoms with E-state index >= 15 is 0 Å². The van der Waals surface area contributed by atoms with E-state index < -0.39 is 0 Å². The van der Waals surface area contributed by atoms with Gasteiger partial charge in [0.15, 0.2) is 5.69 Å². The molecular formula is C22H23N3O2. The van der Waals surface area contributed by atoms with Gasteiger partial charge in [0.05, 0.1) is 17.5 Å². The molecule has 0 bridgehead atoms. The third-order valence-corrected chi connectivity index (χ3v) is 5.22. The molecule has 1 amide bonds. The lowest BCUT2D eigenvalue weighted by Gasteiger charge is -2.25. The minimum atomic E-state index is -0.154. The van der Waals surface area contributed by atoms with Crippen LogP contribution in [0.4, 0.5) is 0 Å². The fourth-order valence-corrected chi connectivity index (χ4v) is 3.88. The predicted octanol–water partition coefficient (Wildman–Crippen LogP) is 3.95. The Labute approximate surface area is 158 Å². The van der Waals surface area contributed by atoms with Gasteiger partial charge in [0.1, 0.15) is 0 Å². The number of hydrogen-bond acceptors (Lipinski definition) is 3. The van der Waals surface area contributed by atoms with Gasteiger partial charge in [-0.05, 0) is 38.3 Å². The van der Waals surface area contributed by atoms with Crippen molar-refractivity contribution in [2.75, 3.05) is 6.54 Å². The summed E-state index contributed by atoms with van der Waals surface area (Å²) >= 11 is 0. The molecule has 138 valence electrons. The first-order valence-corrected chi connectivity index (χ1v) is 9.45. The van der Waals surface area contributed by atoms with Crippen LogP contribution in [-0.4, -0.2) is 27.1 Å². The molecule has 5 heteroatoms. The molecule has 3 aromatic rings. The van der Waals surface area contributed by atoms with E-state index in [0.717, 1.165) is 18.4 Å². The lowest BCUT2D eigenvalue weighted by molar-refractivity contribution is 0.0729. The Morgan fingerprint density at radius 1 is 1.04 bits per heavy atom. The summed E-state index contributed by atoms with van der Waals surface area (Å²) in [4.78, 5) is 28.1. The molecular weight excluding hydrogens is 338 g/mol. The van der Waals surface area contributed by atoms with Gasteiger partial charge in [-0.25, -0.2) is 4.68 Å². The molecule has 1 aliphatic rings. The normalized spacial score (nSPS) is 17.0. The van der Waals surface area contributed by atoms with Crippen LogP contribution < -0.4 is 5.56 Å². The number of benzene rings is 2. The van der Waals surface area contributed by atoms with E-state index in [1.165, 1.54) is 4.68 Å². The van der Waals surface area contributed by atoms with Gasteiger partial charge in [-0.3, -0.25) is 9.59 Å². The number of nitrogens with zero attached hydrogens (tertiary/aromatic N) is 3. The summed E-state index contributed by atoms with van der Waals surface area (Å²) < 4.78 is 1.42. The van der Waals surface area contributed by atoms with Crippen LogP contribution in [0.1, 0.15) is 54.8 Å². The first-order valence-electron chi connectivity index (χ1n) is 9.45. The molecule has 1 aromatic heterocycles. The quantitative estimate of drug-likeness (QED) is 0.710. The Kier molecular flexibility index (Phi) is 4.52. The predicted molar refractivity (Wildman–Crippen MR) is 106 cm³/mol. The summed E-state index contributed by atoms with van der Waals surface area (Å²) in [5, 5.41) is 5.66. The number of carbonyl (C=O) groups is 1. The molecule has 0 saturated carbocycles. The third-order valence-electron chi connectivity index (χ3n) is 5.22. The van der Waals surface area contributed by atoms with E-state index in [2.05, 4.69) is 17.2 Å². The van der Waals surface area contributed by atoms with E-state index in [4.69, 9.17) is 0 Å². The molecule has 0 radical (unpaired) electrons. The highest BCUT2D eigenvalue weighted by Crippen LogP contribution is 2.33. The average Bonchev–Trinajstić information content (AvgIpc) is 3.18. The highest BCUT2D eigenvalue weighted by atomic mass is 16.2. The molecule has 1 saturated heterocycles. The van der Waals surface area contributed by atoms with Crippen molar-refractivity contribution >= 4 is 16.7 Å². The van der Waals surface area contributed by atoms with Crippen molar-refractivity contribution in [3.8, 4) is 0 Å². The van der Waals surface area contributed by atoms with Crippen LogP contribution >= 0.6 is 0 Å². The van der Waals surface area contributed by atoms with Gasteiger partial charge in [0, 0.05) is 11.9 Å². The summed E-state index contributed by atoms with van der Waals surface area (Å²) in [6.07, 6.45) is 1.91. The van der Waals surface area contributed by atoms with Crippen molar-refractivity contribution in [1.29, 1.82) is 0 Å². The van der Waals surface area contributed by atoms with Crippen molar-refractivity contribution in [2.24, 2.45) is 0 Å². The highest BCUT2D eigenvalue weighted by Gasteiger charge is 2.32. The highest BCUT2D eigenvalue weighted by molar-refractivity contribution is 6.05. The zero-order valence-electron chi connectivity index (χ0n) is 15.6. The largest absolute Gasteiger partial charge is 0.330 e. The SMILES string of the molecule is CC(C)n1nc(C(=O)N2CCCC2c2ccccc2)c2ccccc2c1=O. The fraction of sp³-hybridized carbons (Fsp3) is 0.318. The van der Waals surface area contributed by atoms with Crippen molar-refractivity contribution < 1.29 is 4.79 Å². The smallest absolute Gasteiger partial charge is 0.275 e. The number of fused-ring (bicyclic) bond motifs is 1. The lowest BCUT2D eigenvalue weighted by atomic mass is 10.0. The molecule has 0 spiro atoms. The Bertz CT molecular complexity index is 1040. The van der Waals surface area contributed by atoms with E-state index in [1.807, 2.05) is 55.1 Å². The van der Waals surface area contributed by atoms with Crippen LogP contribution in [0.15, 0.2) is 59.4 Å². The van der Waals surface area contributed by atoms with Crippen molar-refractivity contribution in [2.45, 2.75) is 38.8 Å². The average molecular weight is 361 g/mol. The number of carbonyl (C=O) groups excluding carboxylic acids is 1. The number of aromatic nitrogens is 2. The summed E-state index contributed by atoms with van der Waals surface area (Å²) in [6, 6.07) is 17.3. The molecule has 2 heterocycles. The number of hydrogen-bond donors (Lipinski definition) is 0. The minimum Gasteiger partial charge on any atom is -0.330 e. The maximum Gasteiger partial charge on any atom is 0.275 e.